The molecule has 3 aromatic carbocycles. The Balaban J connectivity index is 1.67. The molecular formula is C23H26N2O2. The lowest BCUT2D eigenvalue weighted by molar-refractivity contribution is -0.129. The van der Waals surface area contributed by atoms with Gasteiger partial charge in [0.2, 0.25) is 5.91 Å². The molecule has 4 nitrogen and oxygen atoms in total. The predicted octanol–water partition coefficient (Wildman–Crippen LogP) is 4.32. The molecule has 0 spiro atoms. The quantitative estimate of drug-likeness (QED) is 0.686. The standard InChI is InChI=1S/C23H26N2O2/c1-23(2,16-25(3)19-11-7-12-20(26)14-19)22(27)24-15-18-10-6-9-17-8-4-5-13-21(17)18/h4-14,26H,15-16H2,1-3H3,(H,24,27). The topological polar surface area (TPSA) is 52.6 Å². The molecule has 0 saturated heterocycles. The van der Waals surface area contributed by atoms with Crippen LogP contribution in [0.3, 0.4) is 0 Å². The van der Waals surface area contributed by atoms with Crippen molar-refractivity contribution < 1.29 is 9.90 Å². The third kappa shape index (κ3) is 4.40. The first-order chi connectivity index (χ1) is 12.9. The number of aromatic hydroxyl groups is 1. The Morgan fingerprint density at radius 1 is 1.04 bits per heavy atom. The summed E-state index contributed by atoms with van der Waals surface area (Å²) in [5.41, 5.74) is 1.41. The van der Waals surface area contributed by atoms with Crippen LogP contribution in [0, 0.1) is 5.41 Å². The number of carbonyl (C=O) groups is 1. The first-order valence-electron chi connectivity index (χ1n) is 9.12. The average Bonchev–Trinajstić information content (AvgIpc) is 2.65. The Bertz CT molecular complexity index is 945. The highest BCUT2D eigenvalue weighted by Gasteiger charge is 2.29. The second kappa shape index (κ2) is 7.70. The fourth-order valence-corrected chi connectivity index (χ4v) is 3.35. The van der Waals surface area contributed by atoms with Crippen LogP contribution >= 0.6 is 0 Å². The van der Waals surface area contributed by atoms with E-state index < -0.39 is 5.41 Å². The Hall–Kier alpha value is -3.01. The second-order valence-electron chi connectivity index (χ2n) is 7.58. The van der Waals surface area contributed by atoms with Crippen LogP contribution in [-0.4, -0.2) is 24.6 Å². The zero-order valence-corrected chi connectivity index (χ0v) is 16.1. The van der Waals surface area contributed by atoms with Crippen molar-refractivity contribution in [2.45, 2.75) is 20.4 Å². The van der Waals surface area contributed by atoms with Gasteiger partial charge in [-0.1, -0.05) is 48.5 Å². The summed E-state index contributed by atoms with van der Waals surface area (Å²) in [5, 5.41) is 15.1. The average molecular weight is 362 g/mol. The molecule has 3 rings (SSSR count). The summed E-state index contributed by atoms with van der Waals surface area (Å²) < 4.78 is 0. The summed E-state index contributed by atoms with van der Waals surface area (Å²) in [6.07, 6.45) is 0. The number of amides is 1. The van der Waals surface area contributed by atoms with E-state index in [-0.39, 0.29) is 11.7 Å². The molecule has 1 amide bonds. The van der Waals surface area contributed by atoms with Crippen molar-refractivity contribution in [2.75, 3.05) is 18.5 Å². The van der Waals surface area contributed by atoms with E-state index in [1.807, 2.05) is 50.1 Å². The lowest BCUT2D eigenvalue weighted by Gasteiger charge is -2.30. The van der Waals surface area contributed by atoms with Crippen molar-refractivity contribution in [3.63, 3.8) is 0 Å². The maximum Gasteiger partial charge on any atom is 0.227 e. The number of anilines is 1. The highest BCUT2D eigenvalue weighted by atomic mass is 16.3. The first-order valence-corrected chi connectivity index (χ1v) is 9.12. The third-order valence-electron chi connectivity index (χ3n) is 4.84. The Morgan fingerprint density at radius 3 is 2.52 bits per heavy atom. The van der Waals surface area contributed by atoms with Gasteiger partial charge in [-0.2, -0.15) is 0 Å². The smallest absolute Gasteiger partial charge is 0.227 e. The molecule has 0 heterocycles. The third-order valence-corrected chi connectivity index (χ3v) is 4.84. The summed E-state index contributed by atoms with van der Waals surface area (Å²) in [5.74, 6) is 0.222. The van der Waals surface area contributed by atoms with Crippen LogP contribution in [0.4, 0.5) is 5.69 Å². The lowest BCUT2D eigenvalue weighted by Crippen LogP contribution is -2.43. The molecular weight excluding hydrogens is 336 g/mol. The van der Waals surface area contributed by atoms with E-state index in [9.17, 15) is 9.90 Å². The van der Waals surface area contributed by atoms with Crippen LogP contribution in [-0.2, 0) is 11.3 Å². The minimum Gasteiger partial charge on any atom is -0.508 e. The molecule has 0 aromatic heterocycles. The molecule has 2 N–H and O–H groups in total. The maximum atomic E-state index is 12.8. The lowest BCUT2D eigenvalue weighted by atomic mass is 9.91. The number of nitrogens with zero attached hydrogens (tertiary/aromatic N) is 1. The molecule has 0 aliphatic carbocycles. The maximum absolute atomic E-state index is 12.8. The molecule has 3 aromatic rings. The van der Waals surface area contributed by atoms with Crippen molar-refractivity contribution in [1.29, 1.82) is 0 Å². The van der Waals surface area contributed by atoms with E-state index in [0.29, 0.717) is 13.1 Å². The summed E-state index contributed by atoms with van der Waals surface area (Å²) in [6, 6.07) is 21.4. The molecule has 0 aliphatic rings. The number of hydrogen-bond donors (Lipinski definition) is 2. The molecule has 0 radical (unpaired) electrons. The number of fused-ring (bicyclic) bond motifs is 1. The van der Waals surface area contributed by atoms with E-state index >= 15 is 0 Å². The zero-order chi connectivity index (χ0) is 19.4. The van der Waals surface area contributed by atoms with Crippen molar-refractivity contribution in [1.82, 2.24) is 5.32 Å². The summed E-state index contributed by atoms with van der Waals surface area (Å²) in [4.78, 5) is 14.8. The number of hydrogen-bond acceptors (Lipinski definition) is 3. The van der Waals surface area contributed by atoms with Gasteiger partial charge in [0, 0.05) is 31.9 Å². The minimum absolute atomic E-state index is 0.00226. The second-order valence-corrected chi connectivity index (χ2v) is 7.58. The van der Waals surface area contributed by atoms with E-state index in [1.165, 1.54) is 5.39 Å². The van der Waals surface area contributed by atoms with Gasteiger partial charge in [0.15, 0.2) is 0 Å². The number of nitrogens with one attached hydrogen (secondary N) is 1. The van der Waals surface area contributed by atoms with Gasteiger partial charge in [-0.25, -0.2) is 0 Å². The molecule has 0 unspecified atom stereocenters. The Kier molecular flexibility index (Phi) is 5.36. The normalized spacial score (nSPS) is 11.4. The van der Waals surface area contributed by atoms with Crippen LogP contribution in [0.25, 0.3) is 10.8 Å². The summed E-state index contributed by atoms with van der Waals surface area (Å²) in [6.45, 7) is 4.91. The zero-order valence-electron chi connectivity index (χ0n) is 16.1. The number of benzene rings is 3. The Labute approximate surface area is 160 Å². The van der Waals surface area contributed by atoms with Crippen LogP contribution in [0.1, 0.15) is 19.4 Å². The number of rotatable bonds is 6. The van der Waals surface area contributed by atoms with Crippen molar-refractivity contribution in [3.05, 3.63) is 72.3 Å². The summed E-state index contributed by atoms with van der Waals surface area (Å²) >= 11 is 0. The molecule has 0 fully saturated rings. The monoisotopic (exact) mass is 362 g/mol. The molecule has 0 saturated carbocycles. The number of phenolic OH excluding ortho intramolecular Hbond substituents is 1. The molecule has 140 valence electrons. The Morgan fingerprint density at radius 2 is 1.74 bits per heavy atom. The highest BCUT2D eigenvalue weighted by Crippen LogP contribution is 2.24. The van der Waals surface area contributed by atoms with Gasteiger partial charge in [-0.3, -0.25) is 4.79 Å². The van der Waals surface area contributed by atoms with Crippen molar-refractivity contribution in [3.8, 4) is 5.75 Å². The van der Waals surface area contributed by atoms with Gasteiger partial charge in [-0.05, 0) is 42.3 Å². The van der Waals surface area contributed by atoms with Crippen LogP contribution in [0.2, 0.25) is 0 Å². The van der Waals surface area contributed by atoms with E-state index in [0.717, 1.165) is 16.6 Å². The van der Waals surface area contributed by atoms with Gasteiger partial charge < -0.3 is 15.3 Å². The predicted molar refractivity (Wildman–Crippen MR) is 111 cm³/mol. The van der Waals surface area contributed by atoms with Crippen molar-refractivity contribution in [2.24, 2.45) is 5.41 Å². The van der Waals surface area contributed by atoms with Crippen LogP contribution in [0.15, 0.2) is 66.7 Å². The van der Waals surface area contributed by atoms with E-state index in [2.05, 4.69) is 29.6 Å². The first kappa shape index (κ1) is 18.8. The van der Waals surface area contributed by atoms with Gasteiger partial charge in [0.05, 0.1) is 5.41 Å². The van der Waals surface area contributed by atoms with E-state index in [1.54, 1.807) is 18.2 Å². The number of carbonyl (C=O) groups excluding carboxylic acids is 1. The van der Waals surface area contributed by atoms with Gasteiger partial charge in [0.1, 0.15) is 5.75 Å². The van der Waals surface area contributed by atoms with Crippen molar-refractivity contribution >= 4 is 22.4 Å². The van der Waals surface area contributed by atoms with Gasteiger partial charge in [0.25, 0.3) is 0 Å². The summed E-state index contributed by atoms with van der Waals surface area (Å²) in [7, 11) is 1.93. The molecule has 0 aliphatic heterocycles. The van der Waals surface area contributed by atoms with E-state index in [4.69, 9.17) is 0 Å². The number of phenols is 1. The molecule has 27 heavy (non-hydrogen) atoms. The fraction of sp³-hybridized carbons (Fsp3) is 0.261. The largest absolute Gasteiger partial charge is 0.508 e. The molecule has 0 bridgehead atoms. The minimum atomic E-state index is -0.579. The molecule has 0 atom stereocenters. The van der Waals surface area contributed by atoms with Gasteiger partial charge in [-0.15, -0.1) is 0 Å². The van der Waals surface area contributed by atoms with Crippen LogP contribution < -0.4 is 10.2 Å². The van der Waals surface area contributed by atoms with Gasteiger partial charge >= 0.3 is 0 Å². The molecule has 4 heteroatoms. The fourth-order valence-electron chi connectivity index (χ4n) is 3.35. The SMILES string of the molecule is CN(CC(C)(C)C(=O)NCc1cccc2ccccc12)c1cccc(O)c1. The highest BCUT2D eigenvalue weighted by molar-refractivity contribution is 5.87. The van der Waals surface area contributed by atoms with Crippen LogP contribution in [0.5, 0.6) is 5.75 Å².